The maximum atomic E-state index is 9.82. The minimum Gasteiger partial charge on any atom is -0.472 e. The van der Waals surface area contributed by atoms with Crippen molar-refractivity contribution in [2.45, 2.75) is 12.8 Å². The van der Waals surface area contributed by atoms with Crippen molar-refractivity contribution in [2.24, 2.45) is 17.3 Å². The van der Waals surface area contributed by atoms with E-state index >= 15 is 0 Å². The van der Waals surface area contributed by atoms with Crippen LogP contribution in [-0.2, 0) is 0 Å². The maximum Gasteiger partial charge on any atom is 0.189 e. The topological polar surface area (TPSA) is 112 Å². The number of likely N-dealkylation sites (N-methyl/N-ethyl adjacent to an activating group) is 1. The third-order valence-corrected chi connectivity index (χ3v) is 5.22. The molecule has 2 aliphatic rings. The summed E-state index contributed by atoms with van der Waals surface area (Å²) in [5.41, 5.74) is -0.176. The Hall–Kier alpha value is -2.88. The van der Waals surface area contributed by atoms with Crippen LogP contribution in [-0.4, -0.2) is 30.2 Å². The Balaban J connectivity index is 2.23. The third kappa shape index (κ3) is 2.07. The number of rotatable bonds is 2. The first-order valence-corrected chi connectivity index (χ1v) is 7.88. The molecular weight excluding hydrogens is 302 g/mol. The second-order valence-corrected chi connectivity index (χ2v) is 6.20. The Kier molecular flexibility index (Phi) is 3.97. The molecule has 1 aromatic rings. The lowest BCUT2D eigenvalue weighted by molar-refractivity contribution is 0.211. The average Bonchev–Trinajstić information content (AvgIpc) is 3.14. The first kappa shape index (κ1) is 16.0. The number of nitrogens with zero attached hydrogens (tertiary/aromatic N) is 4. The van der Waals surface area contributed by atoms with Gasteiger partial charge in [0, 0.05) is 24.9 Å². The second kappa shape index (κ2) is 5.96. The van der Waals surface area contributed by atoms with E-state index in [1.165, 1.54) is 12.5 Å². The maximum absolute atomic E-state index is 9.82. The molecule has 0 amide bonds. The molecule has 1 aliphatic carbocycles. The van der Waals surface area contributed by atoms with Gasteiger partial charge in [-0.2, -0.15) is 15.8 Å². The molecule has 0 bridgehead atoms. The monoisotopic (exact) mass is 319 g/mol. The van der Waals surface area contributed by atoms with Crippen LogP contribution >= 0.6 is 0 Å². The minimum atomic E-state index is -1.65. The molecule has 0 radical (unpaired) electrons. The standard InChI is InChI=1S/C18H17N5O/c1-2-23-5-3-13-14(7-19)17(22)18(10-20,11-21)16(15(13)8-23)12-4-6-24-9-12/h3-4,6,9,14-16,22H,2,5,8H2,1H3/t14?,15-,16-/m0/s1. The molecule has 1 unspecified atom stereocenters. The summed E-state index contributed by atoms with van der Waals surface area (Å²) in [7, 11) is 0. The summed E-state index contributed by atoms with van der Waals surface area (Å²) in [5.74, 6) is -1.48. The summed E-state index contributed by atoms with van der Waals surface area (Å²) < 4.78 is 5.18. The molecule has 0 saturated heterocycles. The number of hydrogen-bond acceptors (Lipinski definition) is 6. The van der Waals surface area contributed by atoms with Gasteiger partial charge < -0.3 is 9.83 Å². The smallest absolute Gasteiger partial charge is 0.189 e. The molecule has 6 nitrogen and oxygen atoms in total. The molecule has 1 saturated carbocycles. The molecule has 3 atom stereocenters. The molecule has 0 spiro atoms. The lowest BCUT2D eigenvalue weighted by Crippen LogP contribution is -2.52. The quantitative estimate of drug-likeness (QED) is 0.841. The fraction of sp³-hybridized carbons (Fsp3) is 0.444. The van der Waals surface area contributed by atoms with E-state index in [2.05, 4.69) is 30.0 Å². The van der Waals surface area contributed by atoms with Crippen molar-refractivity contribution in [3.8, 4) is 18.2 Å². The zero-order valence-electron chi connectivity index (χ0n) is 13.4. The number of hydrogen-bond donors (Lipinski definition) is 1. The van der Waals surface area contributed by atoms with Crippen LogP contribution in [0.1, 0.15) is 18.4 Å². The molecule has 1 N–H and O–H groups in total. The number of furan rings is 1. The van der Waals surface area contributed by atoms with Crippen LogP contribution in [0.4, 0.5) is 0 Å². The Morgan fingerprint density at radius 2 is 2.12 bits per heavy atom. The summed E-state index contributed by atoms with van der Waals surface area (Å²) in [6.07, 6.45) is 5.04. The van der Waals surface area contributed by atoms with Crippen LogP contribution in [0.3, 0.4) is 0 Å². The fourth-order valence-electron chi connectivity index (χ4n) is 3.95. The first-order chi connectivity index (χ1) is 11.6. The Labute approximate surface area is 140 Å². The van der Waals surface area contributed by atoms with E-state index in [4.69, 9.17) is 9.83 Å². The molecule has 2 heterocycles. The highest BCUT2D eigenvalue weighted by molar-refractivity contribution is 6.00. The molecule has 3 rings (SSSR count). The van der Waals surface area contributed by atoms with Gasteiger partial charge in [0.1, 0.15) is 5.92 Å². The van der Waals surface area contributed by atoms with E-state index in [0.29, 0.717) is 6.54 Å². The van der Waals surface area contributed by atoms with Gasteiger partial charge >= 0.3 is 0 Å². The van der Waals surface area contributed by atoms with E-state index in [1.54, 1.807) is 6.07 Å². The number of nitriles is 3. The molecular formula is C18H17N5O. The first-order valence-electron chi connectivity index (χ1n) is 7.88. The highest BCUT2D eigenvalue weighted by Gasteiger charge is 2.57. The lowest BCUT2D eigenvalue weighted by Gasteiger charge is -2.47. The van der Waals surface area contributed by atoms with Crippen LogP contribution in [0.25, 0.3) is 0 Å². The van der Waals surface area contributed by atoms with Crippen LogP contribution in [0.5, 0.6) is 0 Å². The van der Waals surface area contributed by atoms with Gasteiger partial charge in [-0.3, -0.25) is 4.90 Å². The van der Waals surface area contributed by atoms with Crippen LogP contribution in [0, 0.1) is 56.7 Å². The summed E-state index contributed by atoms with van der Waals surface area (Å²) in [4.78, 5) is 2.21. The van der Waals surface area contributed by atoms with Crippen molar-refractivity contribution in [1.82, 2.24) is 4.90 Å². The van der Waals surface area contributed by atoms with Crippen molar-refractivity contribution >= 4 is 5.71 Å². The van der Waals surface area contributed by atoms with Crippen molar-refractivity contribution < 1.29 is 4.42 Å². The predicted octanol–water partition coefficient (Wildman–Crippen LogP) is 2.45. The van der Waals surface area contributed by atoms with Crippen molar-refractivity contribution in [2.75, 3.05) is 19.6 Å². The highest BCUT2D eigenvalue weighted by atomic mass is 16.3. The van der Waals surface area contributed by atoms with E-state index < -0.39 is 17.3 Å². The van der Waals surface area contributed by atoms with Gasteiger partial charge in [-0.05, 0) is 23.7 Å². The normalized spacial score (nSPS) is 28.8. The van der Waals surface area contributed by atoms with Crippen LogP contribution in [0.2, 0.25) is 0 Å². The van der Waals surface area contributed by atoms with Gasteiger partial charge in [0.2, 0.25) is 0 Å². The van der Waals surface area contributed by atoms with Crippen molar-refractivity contribution in [3.05, 3.63) is 35.8 Å². The van der Waals surface area contributed by atoms with Gasteiger partial charge in [0.15, 0.2) is 5.41 Å². The fourth-order valence-corrected chi connectivity index (χ4v) is 3.95. The van der Waals surface area contributed by atoms with E-state index in [9.17, 15) is 15.8 Å². The molecule has 1 fully saturated rings. The number of nitrogens with one attached hydrogen (secondary N) is 1. The predicted molar refractivity (Wildman–Crippen MR) is 85.6 cm³/mol. The molecule has 1 aromatic heterocycles. The van der Waals surface area contributed by atoms with Gasteiger partial charge in [-0.1, -0.05) is 13.0 Å². The minimum absolute atomic E-state index is 0.117. The van der Waals surface area contributed by atoms with E-state index in [1.807, 2.05) is 6.08 Å². The van der Waals surface area contributed by atoms with Crippen LogP contribution < -0.4 is 0 Å². The third-order valence-electron chi connectivity index (χ3n) is 5.22. The molecule has 0 aromatic carbocycles. The van der Waals surface area contributed by atoms with Crippen LogP contribution in [0.15, 0.2) is 34.7 Å². The van der Waals surface area contributed by atoms with E-state index in [0.717, 1.165) is 24.2 Å². The molecule has 6 heteroatoms. The Bertz CT molecular complexity index is 788. The number of fused-ring (bicyclic) bond motifs is 1. The summed E-state index contributed by atoms with van der Waals surface area (Å²) in [6, 6.07) is 8.01. The zero-order valence-corrected chi connectivity index (χ0v) is 13.4. The average molecular weight is 319 g/mol. The second-order valence-electron chi connectivity index (χ2n) is 6.20. The van der Waals surface area contributed by atoms with Gasteiger partial charge in [0.05, 0.1) is 36.4 Å². The zero-order chi connectivity index (χ0) is 17.3. The van der Waals surface area contributed by atoms with Gasteiger partial charge in [0.25, 0.3) is 0 Å². The largest absolute Gasteiger partial charge is 0.472 e. The summed E-state index contributed by atoms with van der Waals surface area (Å²) in [6.45, 7) is 4.28. The molecule has 1 aliphatic heterocycles. The van der Waals surface area contributed by atoms with Gasteiger partial charge in [-0.25, -0.2) is 0 Å². The van der Waals surface area contributed by atoms with Crippen molar-refractivity contribution in [1.29, 1.82) is 21.2 Å². The summed E-state index contributed by atoms with van der Waals surface area (Å²) in [5, 5.41) is 37.7. The van der Waals surface area contributed by atoms with Gasteiger partial charge in [-0.15, -0.1) is 0 Å². The Morgan fingerprint density at radius 3 is 2.67 bits per heavy atom. The summed E-state index contributed by atoms with van der Waals surface area (Å²) >= 11 is 0. The van der Waals surface area contributed by atoms with Crippen molar-refractivity contribution in [3.63, 3.8) is 0 Å². The SMILES string of the molecule is CCN1CC=C2C(C#N)C(=N)C(C#N)(C#N)[C@@H](c3ccoc3)[C@H]2C1. The molecule has 120 valence electrons. The highest BCUT2D eigenvalue weighted by Crippen LogP contribution is 2.53. The Morgan fingerprint density at radius 1 is 1.38 bits per heavy atom. The van der Waals surface area contributed by atoms with E-state index in [-0.39, 0.29) is 11.6 Å². The lowest BCUT2D eigenvalue weighted by atomic mass is 9.54. The molecule has 24 heavy (non-hydrogen) atoms.